The van der Waals surface area contributed by atoms with Crippen molar-refractivity contribution in [2.24, 2.45) is 5.73 Å². The molecule has 0 atom stereocenters. The van der Waals surface area contributed by atoms with E-state index in [1.807, 2.05) is 18.2 Å². The van der Waals surface area contributed by atoms with Crippen molar-refractivity contribution in [3.8, 4) is 11.5 Å². The van der Waals surface area contributed by atoms with Crippen LogP contribution in [0.3, 0.4) is 0 Å². The summed E-state index contributed by atoms with van der Waals surface area (Å²) in [7, 11) is 0. The second-order valence-corrected chi connectivity index (χ2v) is 5.55. The zero-order valence-electron chi connectivity index (χ0n) is 12.4. The lowest BCUT2D eigenvalue weighted by Gasteiger charge is -2.23. The third-order valence-electron chi connectivity index (χ3n) is 3.84. The molecule has 1 aromatic carbocycles. The van der Waals surface area contributed by atoms with Crippen molar-refractivity contribution in [3.05, 3.63) is 53.9 Å². The summed E-state index contributed by atoms with van der Waals surface area (Å²) in [6.45, 7) is 7.14. The Morgan fingerprint density at radius 1 is 1.15 bits per heavy atom. The highest BCUT2D eigenvalue weighted by Gasteiger charge is 2.17. The Morgan fingerprint density at radius 3 is 2.45 bits per heavy atom. The first-order chi connectivity index (χ1) is 9.56. The molecular weight excluding hydrogens is 248 g/mol. The molecular formula is C17H22N2O. The first-order valence-corrected chi connectivity index (χ1v) is 6.98. The van der Waals surface area contributed by atoms with Gasteiger partial charge in [0.2, 0.25) is 0 Å². The van der Waals surface area contributed by atoms with Crippen molar-refractivity contribution in [2.75, 3.05) is 0 Å². The minimum atomic E-state index is 0.190. The fourth-order valence-corrected chi connectivity index (χ4v) is 1.97. The fraction of sp³-hybridized carbons (Fsp3) is 0.353. The lowest BCUT2D eigenvalue weighted by Crippen LogP contribution is -2.14. The normalized spacial score (nSPS) is 11.4. The third kappa shape index (κ3) is 3.17. The van der Waals surface area contributed by atoms with Gasteiger partial charge in [-0.3, -0.25) is 4.98 Å². The van der Waals surface area contributed by atoms with Crippen molar-refractivity contribution < 1.29 is 4.74 Å². The standard InChI is InChI=1S/C17H22N2O/c1-4-17(2,3)14-5-7-15(8-6-14)20-16-12-19-10-9-13(16)11-18/h5-10,12H,4,11,18H2,1-3H3. The number of nitrogens with two attached hydrogens (primary N) is 1. The van der Waals surface area contributed by atoms with Crippen molar-refractivity contribution in [3.63, 3.8) is 0 Å². The molecule has 0 amide bonds. The number of rotatable bonds is 5. The van der Waals surface area contributed by atoms with Gasteiger partial charge in [0.05, 0.1) is 6.20 Å². The molecule has 0 aliphatic rings. The molecule has 0 radical (unpaired) electrons. The van der Waals surface area contributed by atoms with Crippen LogP contribution in [0.15, 0.2) is 42.7 Å². The van der Waals surface area contributed by atoms with Gasteiger partial charge in [-0.15, -0.1) is 0 Å². The van der Waals surface area contributed by atoms with Gasteiger partial charge < -0.3 is 10.5 Å². The first kappa shape index (κ1) is 14.5. The Bertz CT molecular complexity index is 561. The smallest absolute Gasteiger partial charge is 0.150 e. The molecule has 2 rings (SSSR count). The number of pyridine rings is 1. The number of nitrogens with zero attached hydrogens (tertiary/aromatic N) is 1. The largest absolute Gasteiger partial charge is 0.455 e. The molecule has 1 aromatic heterocycles. The van der Waals surface area contributed by atoms with Gasteiger partial charge in [0.15, 0.2) is 0 Å². The number of hydrogen-bond donors (Lipinski definition) is 1. The first-order valence-electron chi connectivity index (χ1n) is 6.98. The van der Waals surface area contributed by atoms with Gasteiger partial charge in [0.1, 0.15) is 11.5 Å². The van der Waals surface area contributed by atoms with Crippen LogP contribution in [0.5, 0.6) is 11.5 Å². The molecule has 0 aliphatic heterocycles. The molecule has 0 bridgehead atoms. The predicted octanol–water partition coefficient (Wildman–Crippen LogP) is 4.02. The van der Waals surface area contributed by atoms with E-state index in [0.29, 0.717) is 6.54 Å². The topological polar surface area (TPSA) is 48.1 Å². The van der Waals surface area contributed by atoms with Crippen molar-refractivity contribution in [2.45, 2.75) is 39.2 Å². The Hall–Kier alpha value is -1.87. The average molecular weight is 270 g/mol. The van der Waals surface area contributed by atoms with Crippen molar-refractivity contribution >= 4 is 0 Å². The maximum atomic E-state index is 5.86. The van der Waals surface area contributed by atoms with Gasteiger partial charge in [0.25, 0.3) is 0 Å². The lowest BCUT2D eigenvalue weighted by atomic mass is 9.82. The van der Waals surface area contributed by atoms with Crippen LogP contribution >= 0.6 is 0 Å². The summed E-state index contributed by atoms with van der Waals surface area (Å²) in [5.74, 6) is 1.53. The van der Waals surface area contributed by atoms with E-state index in [1.54, 1.807) is 12.4 Å². The van der Waals surface area contributed by atoms with Gasteiger partial charge in [-0.05, 0) is 35.6 Å². The van der Waals surface area contributed by atoms with E-state index in [-0.39, 0.29) is 5.41 Å². The molecule has 3 heteroatoms. The second-order valence-electron chi connectivity index (χ2n) is 5.55. The van der Waals surface area contributed by atoms with E-state index < -0.39 is 0 Å². The summed E-state index contributed by atoms with van der Waals surface area (Å²) in [5.41, 5.74) is 8.16. The van der Waals surface area contributed by atoms with Crippen molar-refractivity contribution in [1.29, 1.82) is 0 Å². The van der Waals surface area contributed by atoms with E-state index >= 15 is 0 Å². The number of hydrogen-bond acceptors (Lipinski definition) is 3. The van der Waals surface area contributed by atoms with Crippen LogP contribution in [0.1, 0.15) is 38.3 Å². The number of benzene rings is 1. The zero-order chi connectivity index (χ0) is 14.6. The van der Waals surface area contributed by atoms with Crippen LogP contribution in [0.4, 0.5) is 0 Å². The van der Waals surface area contributed by atoms with Crippen LogP contribution in [-0.4, -0.2) is 4.98 Å². The molecule has 2 N–H and O–H groups in total. The van der Waals surface area contributed by atoms with Gasteiger partial charge in [-0.2, -0.15) is 0 Å². The molecule has 3 nitrogen and oxygen atoms in total. The highest BCUT2D eigenvalue weighted by molar-refractivity contribution is 5.37. The van der Waals surface area contributed by atoms with E-state index in [2.05, 4.69) is 37.9 Å². The minimum absolute atomic E-state index is 0.190. The average Bonchev–Trinajstić information content (AvgIpc) is 2.48. The molecule has 0 saturated carbocycles. The monoisotopic (exact) mass is 270 g/mol. The van der Waals surface area contributed by atoms with Gasteiger partial charge in [0, 0.05) is 18.3 Å². The molecule has 1 heterocycles. The minimum Gasteiger partial charge on any atom is -0.455 e. The fourth-order valence-electron chi connectivity index (χ4n) is 1.97. The summed E-state index contributed by atoms with van der Waals surface area (Å²) in [5, 5.41) is 0. The van der Waals surface area contributed by atoms with Crippen molar-refractivity contribution in [1.82, 2.24) is 4.98 Å². The number of ether oxygens (including phenoxy) is 1. The van der Waals surface area contributed by atoms with Crippen LogP contribution in [0, 0.1) is 0 Å². The van der Waals surface area contributed by atoms with Gasteiger partial charge in [-0.25, -0.2) is 0 Å². The van der Waals surface area contributed by atoms with E-state index in [4.69, 9.17) is 10.5 Å². The highest BCUT2D eigenvalue weighted by atomic mass is 16.5. The third-order valence-corrected chi connectivity index (χ3v) is 3.84. The van der Waals surface area contributed by atoms with E-state index in [0.717, 1.165) is 23.5 Å². The molecule has 2 aromatic rings. The molecule has 106 valence electrons. The molecule has 0 unspecified atom stereocenters. The summed E-state index contributed by atoms with van der Waals surface area (Å²) in [6.07, 6.45) is 4.53. The van der Waals surface area contributed by atoms with Crippen LogP contribution in [0.2, 0.25) is 0 Å². The van der Waals surface area contributed by atoms with E-state index in [9.17, 15) is 0 Å². The summed E-state index contributed by atoms with van der Waals surface area (Å²) < 4.78 is 5.86. The quantitative estimate of drug-likeness (QED) is 0.892. The zero-order valence-corrected chi connectivity index (χ0v) is 12.4. The summed E-state index contributed by atoms with van der Waals surface area (Å²) in [4.78, 5) is 4.08. The molecule has 0 aliphatic carbocycles. The number of aromatic nitrogens is 1. The molecule has 0 saturated heterocycles. The van der Waals surface area contributed by atoms with Gasteiger partial charge >= 0.3 is 0 Å². The summed E-state index contributed by atoms with van der Waals surface area (Å²) in [6, 6.07) is 10.1. The predicted molar refractivity (Wildman–Crippen MR) is 82.0 cm³/mol. The Labute approximate surface area is 120 Å². The van der Waals surface area contributed by atoms with Crippen LogP contribution < -0.4 is 10.5 Å². The Balaban J connectivity index is 2.19. The van der Waals surface area contributed by atoms with Crippen LogP contribution in [0.25, 0.3) is 0 Å². The van der Waals surface area contributed by atoms with E-state index in [1.165, 1.54) is 5.56 Å². The Morgan fingerprint density at radius 2 is 1.85 bits per heavy atom. The molecule has 0 fully saturated rings. The highest BCUT2D eigenvalue weighted by Crippen LogP contribution is 2.30. The molecule has 0 spiro atoms. The Kier molecular flexibility index (Phi) is 4.40. The van der Waals surface area contributed by atoms with Gasteiger partial charge in [-0.1, -0.05) is 32.9 Å². The van der Waals surface area contributed by atoms with Crippen LogP contribution in [-0.2, 0) is 12.0 Å². The summed E-state index contributed by atoms with van der Waals surface area (Å²) >= 11 is 0. The maximum Gasteiger partial charge on any atom is 0.150 e. The molecule has 20 heavy (non-hydrogen) atoms. The lowest BCUT2D eigenvalue weighted by molar-refractivity contribution is 0.470. The SMILES string of the molecule is CCC(C)(C)c1ccc(Oc2cnccc2CN)cc1. The maximum absolute atomic E-state index is 5.86. The second kappa shape index (κ2) is 6.06.